The molecule has 2 atom stereocenters. The van der Waals surface area contributed by atoms with Crippen molar-refractivity contribution in [1.82, 2.24) is 15.1 Å². The van der Waals surface area contributed by atoms with Crippen LogP contribution in [-0.2, 0) is 4.79 Å². The average Bonchev–Trinajstić information content (AvgIpc) is 3.46. The molecule has 0 aliphatic heterocycles. The third kappa shape index (κ3) is 4.60. The highest BCUT2D eigenvalue weighted by molar-refractivity contribution is 5.85. The van der Waals surface area contributed by atoms with E-state index in [2.05, 4.69) is 10.4 Å². The molecule has 1 saturated carbocycles. The topological polar surface area (TPSA) is 56.1 Å². The Balaban J connectivity index is 1.44. The lowest BCUT2D eigenvalue weighted by Crippen LogP contribution is -2.42. The minimum atomic E-state index is -0.986. The standard InChI is InChI=1S/C27H24F3N3O2/c1-16(32-26(34)27(2)11-12-27)25(17-3-9-22(29)23(30)14-17)35-21-8-10-24-18(13-21)15-31-33(24)20-6-4-19(28)5-7-20/h3-10,13-16,25H,11-12H2,1-2H3,(H,32,34)/t16-,25?/m0/s1. The molecule has 0 saturated heterocycles. The van der Waals surface area contributed by atoms with Crippen LogP contribution in [0.2, 0.25) is 0 Å². The summed E-state index contributed by atoms with van der Waals surface area (Å²) in [5.74, 6) is -1.88. The number of rotatable bonds is 7. The fourth-order valence-electron chi connectivity index (χ4n) is 4.04. The summed E-state index contributed by atoms with van der Waals surface area (Å²) in [7, 11) is 0. The largest absolute Gasteiger partial charge is 0.484 e. The zero-order valence-corrected chi connectivity index (χ0v) is 19.3. The minimum Gasteiger partial charge on any atom is -0.484 e. The first-order valence-electron chi connectivity index (χ1n) is 11.4. The maximum absolute atomic E-state index is 14.0. The van der Waals surface area contributed by atoms with Crippen LogP contribution in [0.3, 0.4) is 0 Å². The van der Waals surface area contributed by atoms with Gasteiger partial charge in [-0.15, -0.1) is 0 Å². The van der Waals surface area contributed by atoms with E-state index in [0.29, 0.717) is 17.0 Å². The van der Waals surface area contributed by atoms with E-state index in [1.165, 1.54) is 18.2 Å². The first kappa shape index (κ1) is 23.0. The maximum Gasteiger partial charge on any atom is 0.226 e. The molecule has 0 radical (unpaired) electrons. The number of halogens is 3. The van der Waals surface area contributed by atoms with E-state index >= 15 is 0 Å². The summed E-state index contributed by atoms with van der Waals surface area (Å²) in [6, 6.07) is 14.4. The molecule has 1 amide bonds. The Bertz CT molecular complexity index is 1400. The second-order valence-corrected chi connectivity index (χ2v) is 9.29. The summed E-state index contributed by atoms with van der Waals surface area (Å²) in [6.45, 7) is 3.68. The highest BCUT2D eigenvalue weighted by atomic mass is 19.2. The lowest BCUT2D eigenvalue weighted by atomic mass is 10.0. The smallest absolute Gasteiger partial charge is 0.226 e. The molecule has 1 aliphatic carbocycles. The summed E-state index contributed by atoms with van der Waals surface area (Å²) in [6.07, 6.45) is 2.53. The number of nitrogens with one attached hydrogen (secondary N) is 1. The Hall–Kier alpha value is -3.81. The Kier molecular flexibility index (Phi) is 5.75. The normalized spacial score (nSPS) is 16.0. The quantitative estimate of drug-likeness (QED) is 0.361. The van der Waals surface area contributed by atoms with Crippen LogP contribution in [0, 0.1) is 22.9 Å². The van der Waals surface area contributed by atoms with Crippen LogP contribution in [-0.4, -0.2) is 21.7 Å². The van der Waals surface area contributed by atoms with Crippen molar-refractivity contribution in [2.45, 2.75) is 38.8 Å². The van der Waals surface area contributed by atoms with Crippen molar-refractivity contribution in [2.75, 3.05) is 0 Å². The zero-order valence-electron chi connectivity index (χ0n) is 19.3. The molecule has 1 heterocycles. The Labute approximate surface area is 200 Å². The van der Waals surface area contributed by atoms with Crippen molar-refractivity contribution in [3.8, 4) is 11.4 Å². The van der Waals surface area contributed by atoms with Gasteiger partial charge in [-0.3, -0.25) is 4.79 Å². The van der Waals surface area contributed by atoms with Crippen molar-refractivity contribution < 1.29 is 22.7 Å². The molecule has 35 heavy (non-hydrogen) atoms. The highest BCUT2D eigenvalue weighted by Gasteiger charge is 2.45. The van der Waals surface area contributed by atoms with E-state index in [9.17, 15) is 18.0 Å². The molecule has 5 rings (SSSR count). The summed E-state index contributed by atoms with van der Waals surface area (Å²) in [5, 5.41) is 8.15. The molecule has 1 aromatic heterocycles. The number of carbonyl (C=O) groups is 1. The van der Waals surface area contributed by atoms with Crippen LogP contribution < -0.4 is 10.1 Å². The molecule has 1 unspecified atom stereocenters. The van der Waals surface area contributed by atoms with Gasteiger partial charge in [0.2, 0.25) is 5.91 Å². The van der Waals surface area contributed by atoms with E-state index in [0.717, 1.165) is 35.9 Å². The lowest BCUT2D eigenvalue weighted by molar-refractivity contribution is -0.127. The number of nitrogens with zero attached hydrogens (tertiary/aromatic N) is 2. The number of amides is 1. The van der Waals surface area contributed by atoms with Gasteiger partial charge < -0.3 is 10.1 Å². The Morgan fingerprint density at radius 3 is 2.46 bits per heavy atom. The number of hydrogen-bond donors (Lipinski definition) is 1. The Morgan fingerprint density at radius 1 is 1.03 bits per heavy atom. The number of ether oxygens (including phenoxy) is 1. The number of aromatic nitrogens is 2. The van der Waals surface area contributed by atoms with Crippen molar-refractivity contribution in [3.05, 3.63) is 89.9 Å². The number of carbonyl (C=O) groups excluding carboxylic acids is 1. The number of fused-ring (bicyclic) bond motifs is 1. The van der Waals surface area contributed by atoms with Crippen LogP contribution in [0.4, 0.5) is 13.2 Å². The van der Waals surface area contributed by atoms with Crippen LogP contribution in [0.25, 0.3) is 16.6 Å². The van der Waals surface area contributed by atoms with Crippen molar-refractivity contribution >= 4 is 16.8 Å². The van der Waals surface area contributed by atoms with Gasteiger partial charge in [-0.2, -0.15) is 5.10 Å². The van der Waals surface area contributed by atoms with Gasteiger partial charge in [-0.1, -0.05) is 13.0 Å². The first-order valence-corrected chi connectivity index (χ1v) is 11.4. The fourth-order valence-corrected chi connectivity index (χ4v) is 4.04. The van der Waals surface area contributed by atoms with Crippen molar-refractivity contribution in [2.24, 2.45) is 5.41 Å². The third-order valence-corrected chi connectivity index (χ3v) is 6.51. The van der Waals surface area contributed by atoms with Crippen LogP contribution in [0.15, 0.2) is 66.9 Å². The fraction of sp³-hybridized carbons (Fsp3) is 0.259. The summed E-state index contributed by atoms with van der Waals surface area (Å²) in [5.41, 5.74) is 1.51. The second kappa shape index (κ2) is 8.76. The van der Waals surface area contributed by atoms with E-state index in [1.54, 1.807) is 42.1 Å². The number of benzene rings is 3. The molecule has 1 N–H and O–H groups in total. The molecule has 1 aliphatic rings. The van der Waals surface area contributed by atoms with E-state index in [4.69, 9.17) is 4.74 Å². The minimum absolute atomic E-state index is 0.0859. The Morgan fingerprint density at radius 2 is 1.77 bits per heavy atom. The molecule has 0 bridgehead atoms. The molecule has 8 heteroatoms. The van der Waals surface area contributed by atoms with Gasteiger partial charge in [-0.25, -0.2) is 17.9 Å². The van der Waals surface area contributed by atoms with E-state index in [-0.39, 0.29) is 17.1 Å². The molecule has 5 nitrogen and oxygen atoms in total. The molecule has 180 valence electrons. The second-order valence-electron chi connectivity index (χ2n) is 9.29. The van der Waals surface area contributed by atoms with E-state index < -0.39 is 23.8 Å². The average molecular weight is 480 g/mol. The van der Waals surface area contributed by atoms with Gasteiger partial charge in [-0.05, 0) is 79.9 Å². The van der Waals surface area contributed by atoms with Gasteiger partial charge in [0.15, 0.2) is 11.6 Å². The molecule has 3 aromatic carbocycles. The van der Waals surface area contributed by atoms with Crippen LogP contribution in [0.1, 0.15) is 38.4 Å². The number of hydrogen-bond acceptors (Lipinski definition) is 3. The summed E-state index contributed by atoms with van der Waals surface area (Å²) in [4.78, 5) is 12.6. The van der Waals surface area contributed by atoms with Crippen molar-refractivity contribution in [1.29, 1.82) is 0 Å². The monoisotopic (exact) mass is 479 g/mol. The van der Waals surface area contributed by atoms with Gasteiger partial charge in [0.25, 0.3) is 0 Å². The molecule has 1 fully saturated rings. The molecular weight excluding hydrogens is 455 g/mol. The maximum atomic E-state index is 14.0. The summed E-state index contributed by atoms with van der Waals surface area (Å²) < 4.78 is 48.9. The molecular formula is C27H24F3N3O2. The van der Waals surface area contributed by atoms with Gasteiger partial charge in [0, 0.05) is 10.8 Å². The van der Waals surface area contributed by atoms with Gasteiger partial charge >= 0.3 is 0 Å². The lowest BCUT2D eigenvalue weighted by Gasteiger charge is -2.27. The van der Waals surface area contributed by atoms with Crippen LogP contribution >= 0.6 is 0 Å². The summed E-state index contributed by atoms with van der Waals surface area (Å²) >= 11 is 0. The highest BCUT2D eigenvalue weighted by Crippen LogP contribution is 2.45. The van der Waals surface area contributed by atoms with Crippen LogP contribution in [0.5, 0.6) is 5.75 Å². The third-order valence-electron chi connectivity index (χ3n) is 6.51. The van der Waals surface area contributed by atoms with Gasteiger partial charge in [0.05, 0.1) is 23.4 Å². The molecule has 0 spiro atoms. The van der Waals surface area contributed by atoms with E-state index in [1.807, 2.05) is 13.0 Å². The first-order chi connectivity index (χ1) is 16.7. The predicted molar refractivity (Wildman–Crippen MR) is 126 cm³/mol. The molecule has 4 aromatic rings. The predicted octanol–water partition coefficient (Wildman–Crippen LogP) is 5.87. The zero-order chi connectivity index (χ0) is 24.7. The van der Waals surface area contributed by atoms with Gasteiger partial charge in [0.1, 0.15) is 17.7 Å². The SMILES string of the molecule is C[C@H](NC(=O)C1(C)CC1)C(Oc1ccc2c(cnn2-c2ccc(F)cc2)c1)c1ccc(F)c(F)c1. The van der Waals surface area contributed by atoms with Crippen molar-refractivity contribution in [3.63, 3.8) is 0 Å².